The quantitative estimate of drug-likeness (QED) is 0.814. The molecule has 18 heavy (non-hydrogen) atoms. The maximum atomic E-state index is 11.8. The molecule has 1 heterocycles. The molecule has 0 unspecified atom stereocenters. The van der Waals surface area contributed by atoms with E-state index in [1.165, 1.54) is 6.42 Å². The Labute approximate surface area is 108 Å². The number of ether oxygens (including phenoxy) is 1. The molecule has 0 radical (unpaired) electrons. The first-order chi connectivity index (χ1) is 8.71. The van der Waals surface area contributed by atoms with Crippen LogP contribution in [0.4, 0.5) is 5.82 Å². The molecule has 1 aliphatic carbocycles. The molecular formula is C14H20N2O2. The van der Waals surface area contributed by atoms with E-state index in [-0.39, 0.29) is 11.5 Å². The SMILES string of the molecule is CCOC(=O)c1cccnc1NC1(CC)CCC1. The Morgan fingerprint density at radius 3 is 2.83 bits per heavy atom. The fraction of sp³-hybridized carbons (Fsp3) is 0.571. The summed E-state index contributed by atoms with van der Waals surface area (Å²) in [6, 6.07) is 3.52. The molecule has 0 spiro atoms. The van der Waals surface area contributed by atoms with Gasteiger partial charge in [0.2, 0.25) is 0 Å². The molecule has 1 saturated carbocycles. The predicted octanol–water partition coefficient (Wildman–Crippen LogP) is 3.00. The van der Waals surface area contributed by atoms with E-state index in [0.717, 1.165) is 19.3 Å². The summed E-state index contributed by atoms with van der Waals surface area (Å²) in [6.07, 6.45) is 6.27. The highest BCUT2D eigenvalue weighted by molar-refractivity contribution is 5.94. The first kappa shape index (κ1) is 12.9. The third-order valence-electron chi connectivity index (χ3n) is 3.67. The van der Waals surface area contributed by atoms with Crippen LogP contribution in [-0.4, -0.2) is 23.1 Å². The second-order valence-electron chi connectivity index (χ2n) is 4.73. The van der Waals surface area contributed by atoms with Crippen LogP contribution >= 0.6 is 0 Å². The highest BCUT2D eigenvalue weighted by Gasteiger charge is 2.36. The summed E-state index contributed by atoms with van der Waals surface area (Å²) < 4.78 is 5.05. The van der Waals surface area contributed by atoms with Gasteiger partial charge in [0.15, 0.2) is 0 Å². The van der Waals surface area contributed by atoms with E-state index in [4.69, 9.17) is 4.74 Å². The molecule has 2 rings (SSSR count). The molecule has 1 aromatic rings. The average molecular weight is 248 g/mol. The molecule has 1 N–H and O–H groups in total. The molecule has 0 saturated heterocycles. The van der Waals surface area contributed by atoms with Gasteiger partial charge >= 0.3 is 5.97 Å². The second kappa shape index (κ2) is 5.38. The molecule has 4 heteroatoms. The van der Waals surface area contributed by atoms with Crippen molar-refractivity contribution in [3.8, 4) is 0 Å². The van der Waals surface area contributed by atoms with E-state index in [9.17, 15) is 4.79 Å². The largest absolute Gasteiger partial charge is 0.462 e. The monoisotopic (exact) mass is 248 g/mol. The van der Waals surface area contributed by atoms with Gasteiger partial charge in [-0.05, 0) is 44.7 Å². The maximum Gasteiger partial charge on any atom is 0.341 e. The molecule has 1 aromatic heterocycles. The molecule has 0 aromatic carbocycles. The van der Waals surface area contributed by atoms with Gasteiger partial charge in [-0.1, -0.05) is 6.92 Å². The molecular weight excluding hydrogens is 228 g/mol. The van der Waals surface area contributed by atoms with E-state index < -0.39 is 0 Å². The summed E-state index contributed by atoms with van der Waals surface area (Å²) in [5.74, 6) is 0.344. The number of aromatic nitrogens is 1. The van der Waals surface area contributed by atoms with E-state index >= 15 is 0 Å². The van der Waals surface area contributed by atoms with Crippen LogP contribution in [-0.2, 0) is 4.74 Å². The number of esters is 1. The Kier molecular flexibility index (Phi) is 3.84. The zero-order chi connectivity index (χ0) is 13.0. The van der Waals surface area contributed by atoms with Crippen molar-refractivity contribution >= 4 is 11.8 Å². The van der Waals surface area contributed by atoms with Crippen LogP contribution in [0, 0.1) is 0 Å². The maximum absolute atomic E-state index is 11.8. The van der Waals surface area contributed by atoms with Crippen LogP contribution in [0.15, 0.2) is 18.3 Å². The van der Waals surface area contributed by atoms with Crippen LogP contribution in [0.5, 0.6) is 0 Å². The van der Waals surface area contributed by atoms with Crippen molar-refractivity contribution in [2.45, 2.75) is 45.1 Å². The highest BCUT2D eigenvalue weighted by Crippen LogP contribution is 2.38. The topological polar surface area (TPSA) is 51.2 Å². The van der Waals surface area contributed by atoms with E-state index in [2.05, 4.69) is 17.2 Å². The number of carbonyl (C=O) groups is 1. The molecule has 98 valence electrons. The number of carbonyl (C=O) groups excluding carboxylic acids is 1. The molecule has 4 nitrogen and oxygen atoms in total. The zero-order valence-corrected chi connectivity index (χ0v) is 11.0. The molecule has 0 amide bonds. The summed E-state index contributed by atoms with van der Waals surface area (Å²) >= 11 is 0. The summed E-state index contributed by atoms with van der Waals surface area (Å²) in [4.78, 5) is 16.1. The van der Waals surface area contributed by atoms with Gasteiger partial charge in [-0.3, -0.25) is 0 Å². The van der Waals surface area contributed by atoms with Gasteiger partial charge in [0.25, 0.3) is 0 Å². The fourth-order valence-corrected chi connectivity index (χ4v) is 2.30. The van der Waals surface area contributed by atoms with E-state index in [1.54, 1.807) is 25.3 Å². The van der Waals surface area contributed by atoms with Crippen LogP contribution in [0.3, 0.4) is 0 Å². The van der Waals surface area contributed by atoms with Crippen LogP contribution in [0.2, 0.25) is 0 Å². The summed E-state index contributed by atoms with van der Waals surface area (Å²) in [7, 11) is 0. The van der Waals surface area contributed by atoms with Crippen LogP contribution in [0.25, 0.3) is 0 Å². The number of pyridine rings is 1. The zero-order valence-electron chi connectivity index (χ0n) is 11.0. The minimum Gasteiger partial charge on any atom is -0.462 e. The molecule has 1 fully saturated rings. The molecule has 0 atom stereocenters. The first-order valence-electron chi connectivity index (χ1n) is 6.61. The minimum atomic E-state index is -0.307. The summed E-state index contributed by atoms with van der Waals surface area (Å²) in [5.41, 5.74) is 0.648. The number of nitrogens with zero attached hydrogens (tertiary/aromatic N) is 1. The van der Waals surface area contributed by atoms with E-state index in [0.29, 0.717) is 18.0 Å². The van der Waals surface area contributed by atoms with Crippen LogP contribution in [0.1, 0.15) is 49.9 Å². The normalized spacial score (nSPS) is 16.8. The minimum absolute atomic E-state index is 0.121. The number of hydrogen-bond donors (Lipinski definition) is 1. The lowest BCUT2D eigenvalue weighted by Gasteiger charge is -2.42. The van der Waals surface area contributed by atoms with Crippen molar-refractivity contribution in [3.05, 3.63) is 23.9 Å². The Hall–Kier alpha value is -1.58. The lowest BCUT2D eigenvalue weighted by Crippen LogP contribution is -2.44. The number of rotatable bonds is 5. The Balaban J connectivity index is 2.19. The van der Waals surface area contributed by atoms with Crippen molar-refractivity contribution < 1.29 is 9.53 Å². The van der Waals surface area contributed by atoms with Crippen LogP contribution < -0.4 is 5.32 Å². The standard InChI is InChI=1S/C14H20N2O2/c1-3-14(8-6-9-14)16-12-11(7-5-10-15-12)13(17)18-4-2/h5,7,10H,3-4,6,8-9H2,1-2H3,(H,15,16). The van der Waals surface area contributed by atoms with Crippen molar-refractivity contribution in [2.75, 3.05) is 11.9 Å². The van der Waals surface area contributed by atoms with Gasteiger partial charge in [0.05, 0.1) is 6.61 Å². The molecule has 1 aliphatic rings. The number of nitrogens with one attached hydrogen (secondary N) is 1. The Morgan fingerprint density at radius 2 is 2.28 bits per heavy atom. The first-order valence-corrected chi connectivity index (χ1v) is 6.61. The van der Waals surface area contributed by atoms with Crippen molar-refractivity contribution in [1.29, 1.82) is 0 Å². The van der Waals surface area contributed by atoms with Gasteiger partial charge in [0.1, 0.15) is 11.4 Å². The Bertz CT molecular complexity index is 422. The van der Waals surface area contributed by atoms with Crippen molar-refractivity contribution in [2.24, 2.45) is 0 Å². The Morgan fingerprint density at radius 1 is 1.50 bits per heavy atom. The summed E-state index contributed by atoms with van der Waals surface area (Å²) in [6.45, 7) is 4.35. The molecule has 0 bridgehead atoms. The third kappa shape index (κ3) is 2.47. The van der Waals surface area contributed by atoms with E-state index in [1.807, 2.05) is 0 Å². The lowest BCUT2D eigenvalue weighted by atomic mass is 9.75. The van der Waals surface area contributed by atoms with Gasteiger partial charge in [0, 0.05) is 11.7 Å². The van der Waals surface area contributed by atoms with Gasteiger partial charge in [-0.25, -0.2) is 9.78 Å². The summed E-state index contributed by atoms with van der Waals surface area (Å²) in [5, 5.41) is 3.44. The van der Waals surface area contributed by atoms with Crippen molar-refractivity contribution in [3.63, 3.8) is 0 Å². The number of anilines is 1. The van der Waals surface area contributed by atoms with Gasteiger partial charge in [-0.2, -0.15) is 0 Å². The van der Waals surface area contributed by atoms with Gasteiger partial charge < -0.3 is 10.1 Å². The number of hydrogen-bond acceptors (Lipinski definition) is 4. The fourth-order valence-electron chi connectivity index (χ4n) is 2.30. The third-order valence-corrected chi connectivity index (χ3v) is 3.67. The molecule has 0 aliphatic heterocycles. The average Bonchev–Trinajstić information content (AvgIpc) is 2.34. The second-order valence-corrected chi connectivity index (χ2v) is 4.73. The smallest absolute Gasteiger partial charge is 0.341 e. The van der Waals surface area contributed by atoms with Crippen molar-refractivity contribution in [1.82, 2.24) is 4.98 Å². The van der Waals surface area contributed by atoms with Gasteiger partial charge in [-0.15, -0.1) is 0 Å². The highest BCUT2D eigenvalue weighted by atomic mass is 16.5. The predicted molar refractivity (Wildman–Crippen MR) is 70.7 cm³/mol. The lowest BCUT2D eigenvalue weighted by molar-refractivity contribution is 0.0527.